The van der Waals surface area contributed by atoms with Crippen LogP contribution >= 0.6 is 0 Å². The summed E-state index contributed by atoms with van der Waals surface area (Å²) in [6, 6.07) is 10.6. The van der Waals surface area contributed by atoms with E-state index < -0.39 is 0 Å². The summed E-state index contributed by atoms with van der Waals surface area (Å²) in [5.74, 6) is 0. The molecule has 2 saturated heterocycles. The van der Waals surface area contributed by atoms with Gasteiger partial charge in [-0.15, -0.1) is 0 Å². The minimum absolute atomic E-state index is 0.146. The zero-order chi connectivity index (χ0) is 11.7. The number of hydrogen-bond donors (Lipinski definition) is 0. The molecule has 17 heavy (non-hydrogen) atoms. The minimum atomic E-state index is 0.146. The summed E-state index contributed by atoms with van der Waals surface area (Å²) >= 11 is 0. The lowest BCUT2D eigenvalue weighted by Crippen LogP contribution is -2.48. The van der Waals surface area contributed by atoms with Crippen LogP contribution in [-0.2, 0) is 9.63 Å². The molecule has 0 N–H and O–H groups in total. The lowest BCUT2D eigenvalue weighted by Gasteiger charge is -2.33. The van der Waals surface area contributed by atoms with E-state index in [1.165, 1.54) is 5.56 Å². The zero-order valence-electron chi connectivity index (χ0n) is 9.66. The van der Waals surface area contributed by atoms with Crippen molar-refractivity contribution in [3.63, 3.8) is 0 Å². The highest BCUT2D eigenvalue weighted by Crippen LogP contribution is 2.34. The smallest absolute Gasteiger partial charge is 0.209 e. The van der Waals surface area contributed by atoms with Crippen LogP contribution in [0.2, 0.25) is 0 Å². The number of piperazine rings is 1. The van der Waals surface area contributed by atoms with Crippen LogP contribution in [0.5, 0.6) is 0 Å². The molecule has 2 aliphatic rings. The first-order valence-electron chi connectivity index (χ1n) is 6.04. The van der Waals surface area contributed by atoms with Gasteiger partial charge in [-0.05, 0) is 12.0 Å². The normalized spacial score (nSPS) is 29.1. The van der Waals surface area contributed by atoms with Crippen LogP contribution in [0.3, 0.4) is 0 Å². The summed E-state index contributed by atoms with van der Waals surface area (Å²) in [6.07, 6.45) is 2.05. The van der Waals surface area contributed by atoms with Crippen molar-refractivity contribution in [3.05, 3.63) is 35.9 Å². The van der Waals surface area contributed by atoms with Crippen LogP contribution < -0.4 is 0 Å². The highest BCUT2D eigenvalue weighted by molar-refractivity contribution is 5.47. The van der Waals surface area contributed by atoms with Gasteiger partial charge < -0.3 is 4.90 Å². The fraction of sp³-hybridized carbons (Fsp3) is 0.462. The Morgan fingerprint density at radius 1 is 1.24 bits per heavy atom. The predicted octanol–water partition coefficient (Wildman–Crippen LogP) is 1.21. The molecule has 2 aliphatic heterocycles. The van der Waals surface area contributed by atoms with Crippen LogP contribution in [0.4, 0.5) is 0 Å². The van der Waals surface area contributed by atoms with Gasteiger partial charge in [-0.25, -0.2) is 0 Å². The molecule has 0 radical (unpaired) electrons. The highest BCUT2D eigenvalue weighted by atomic mass is 16.7. The van der Waals surface area contributed by atoms with E-state index in [1.54, 1.807) is 0 Å². The predicted molar refractivity (Wildman–Crippen MR) is 63.0 cm³/mol. The Morgan fingerprint density at radius 2 is 2.06 bits per heavy atom. The van der Waals surface area contributed by atoms with Gasteiger partial charge in [0.2, 0.25) is 6.41 Å². The Kier molecular flexibility index (Phi) is 2.82. The van der Waals surface area contributed by atoms with E-state index in [4.69, 9.17) is 4.84 Å². The Balaban J connectivity index is 1.71. The standard InChI is InChI=1S/C13H16N2O2/c16-10-14-6-7-15-12(9-14)8-13(17-15)11-4-2-1-3-5-11/h1-5,10,12-13H,6-9H2/t12-,13+/m1/s1. The van der Waals surface area contributed by atoms with Gasteiger partial charge >= 0.3 is 0 Å². The van der Waals surface area contributed by atoms with Gasteiger partial charge in [-0.1, -0.05) is 30.3 Å². The summed E-state index contributed by atoms with van der Waals surface area (Å²) in [7, 11) is 0. The molecule has 4 nitrogen and oxygen atoms in total. The topological polar surface area (TPSA) is 32.8 Å². The van der Waals surface area contributed by atoms with Gasteiger partial charge in [-0.2, -0.15) is 5.06 Å². The first kappa shape index (κ1) is 10.7. The highest BCUT2D eigenvalue weighted by Gasteiger charge is 2.37. The third kappa shape index (κ3) is 2.06. The number of carbonyl (C=O) groups is 1. The van der Waals surface area contributed by atoms with Crippen LogP contribution in [0.25, 0.3) is 0 Å². The van der Waals surface area contributed by atoms with E-state index in [1.807, 2.05) is 28.2 Å². The van der Waals surface area contributed by atoms with Crippen molar-refractivity contribution in [2.75, 3.05) is 19.6 Å². The molecule has 0 unspecified atom stereocenters. The van der Waals surface area contributed by atoms with E-state index in [2.05, 4.69) is 12.1 Å². The monoisotopic (exact) mass is 232 g/mol. The third-order valence-electron chi connectivity index (χ3n) is 3.53. The first-order chi connectivity index (χ1) is 8.36. The maximum absolute atomic E-state index is 10.8. The molecule has 2 heterocycles. The van der Waals surface area contributed by atoms with E-state index in [-0.39, 0.29) is 6.10 Å². The second-order valence-electron chi connectivity index (χ2n) is 4.64. The minimum Gasteiger partial charge on any atom is -0.342 e. The zero-order valence-corrected chi connectivity index (χ0v) is 9.66. The van der Waals surface area contributed by atoms with E-state index in [0.29, 0.717) is 6.04 Å². The Bertz CT molecular complexity index is 396. The molecule has 0 spiro atoms. The van der Waals surface area contributed by atoms with Crippen LogP contribution in [0.15, 0.2) is 30.3 Å². The number of amides is 1. The fourth-order valence-electron chi connectivity index (χ4n) is 2.61. The second kappa shape index (κ2) is 4.47. The quantitative estimate of drug-likeness (QED) is 0.718. The van der Waals surface area contributed by atoms with Crippen molar-refractivity contribution in [1.29, 1.82) is 0 Å². The second-order valence-corrected chi connectivity index (χ2v) is 4.64. The average molecular weight is 232 g/mol. The van der Waals surface area contributed by atoms with Gasteiger partial charge in [0.1, 0.15) is 6.10 Å². The molecule has 90 valence electrons. The van der Waals surface area contributed by atoms with Crippen molar-refractivity contribution in [3.8, 4) is 0 Å². The maximum Gasteiger partial charge on any atom is 0.209 e. The summed E-state index contributed by atoms with van der Waals surface area (Å²) in [5.41, 5.74) is 1.22. The Morgan fingerprint density at radius 3 is 2.82 bits per heavy atom. The number of nitrogens with zero attached hydrogens (tertiary/aromatic N) is 2. The molecule has 2 atom stereocenters. The summed E-state index contributed by atoms with van der Waals surface area (Å²) in [5, 5.41) is 2.04. The number of fused-ring (bicyclic) bond motifs is 1. The van der Waals surface area contributed by atoms with Gasteiger partial charge in [0.15, 0.2) is 0 Å². The molecule has 0 aromatic heterocycles. The molecule has 2 fully saturated rings. The van der Waals surface area contributed by atoms with E-state index in [0.717, 1.165) is 32.5 Å². The molecule has 1 amide bonds. The molecule has 0 bridgehead atoms. The molecule has 1 aromatic rings. The summed E-state index contributed by atoms with van der Waals surface area (Å²) < 4.78 is 0. The van der Waals surface area contributed by atoms with Crippen LogP contribution in [0.1, 0.15) is 18.1 Å². The number of benzene rings is 1. The molecule has 4 heteroatoms. The first-order valence-corrected chi connectivity index (χ1v) is 6.04. The number of carbonyl (C=O) groups excluding carboxylic acids is 1. The van der Waals surface area contributed by atoms with Crippen molar-refractivity contribution in [1.82, 2.24) is 9.96 Å². The van der Waals surface area contributed by atoms with Crippen LogP contribution in [-0.4, -0.2) is 42.0 Å². The SMILES string of the molecule is O=CN1CCN2O[C@H](c3ccccc3)C[C@@H]2C1. The lowest BCUT2D eigenvalue weighted by molar-refractivity contribution is -0.181. The van der Waals surface area contributed by atoms with Crippen molar-refractivity contribution in [2.24, 2.45) is 0 Å². The van der Waals surface area contributed by atoms with Crippen molar-refractivity contribution < 1.29 is 9.63 Å². The summed E-state index contributed by atoms with van der Waals surface area (Å²) in [4.78, 5) is 18.5. The molecule has 3 rings (SSSR count). The van der Waals surface area contributed by atoms with E-state index in [9.17, 15) is 4.79 Å². The van der Waals surface area contributed by atoms with Gasteiger partial charge in [0.25, 0.3) is 0 Å². The molecule has 0 saturated carbocycles. The number of hydrogen-bond acceptors (Lipinski definition) is 3. The lowest BCUT2D eigenvalue weighted by atomic mass is 10.0. The molecular formula is C13H16N2O2. The van der Waals surface area contributed by atoms with Crippen molar-refractivity contribution in [2.45, 2.75) is 18.6 Å². The van der Waals surface area contributed by atoms with Crippen molar-refractivity contribution >= 4 is 6.41 Å². The fourth-order valence-corrected chi connectivity index (χ4v) is 2.61. The van der Waals surface area contributed by atoms with Crippen LogP contribution in [0, 0.1) is 0 Å². The van der Waals surface area contributed by atoms with Gasteiger partial charge in [0, 0.05) is 19.6 Å². The van der Waals surface area contributed by atoms with Gasteiger partial charge in [-0.3, -0.25) is 9.63 Å². The maximum atomic E-state index is 10.8. The number of hydroxylamine groups is 2. The van der Waals surface area contributed by atoms with E-state index >= 15 is 0 Å². The van der Waals surface area contributed by atoms with Gasteiger partial charge in [0.05, 0.1) is 6.04 Å². The Labute approximate surface area is 101 Å². The molecular weight excluding hydrogens is 216 g/mol. The summed E-state index contributed by atoms with van der Waals surface area (Å²) in [6.45, 7) is 2.36. The largest absolute Gasteiger partial charge is 0.342 e. The Hall–Kier alpha value is -1.39. The molecule has 1 aromatic carbocycles. The molecule has 0 aliphatic carbocycles. The number of rotatable bonds is 2. The third-order valence-corrected chi connectivity index (χ3v) is 3.53. The average Bonchev–Trinajstić information content (AvgIpc) is 2.82.